The lowest BCUT2D eigenvalue weighted by molar-refractivity contribution is -0.141. The predicted octanol–water partition coefficient (Wildman–Crippen LogP) is 1.47. The molecule has 0 aromatic carbocycles. The highest BCUT2D eigenvalue weighted by atomic mass is 19.4. The normalized spacial score (nSPS) is 15.3. The van der Waals surface area contributed by atoms with Gasteiger partial charge in [-0.1, -0.05) is 5.92 Å². The molecule has 0 saturated carbocycles. The van der Waals surface area contributed by atoms with Crippen molar-refractivity contribution in [2.24, 2.45) is 0 Å². The third-order valence-electron chi connectivity index (χ3n) is 2.59. The number of likely N-dealkylation sites (tertiary alicyclic amines) is 1. The summed E-state index contributed by atoms with van der Waals surface area (Å²) in [5.41, 5.74) is -1.02. The zero-order valence-corrected chi connectivity index (χ0v) is 9.87. The first kappa shape index (κ1) is 13.3. The highest BCUT2D eigenvalue weighted by molar-refractivity contribution is 5.78. The molecule has 0 atom stereocenters. The first-order valence-electron chi connectivity index (χ1n) is 5.64. The standard InChI is InChI=1S/C12H10F3N3O/c13-12(14,15)9-5-6-16-10(17-9)3-1-7-18-8-2-4-11(18)19/h5-6H,2,4,7-8H2. The second-order valence-corrected chi connectivity index (χ2v) is 3.98. The van der Waals surface area contributed by atoms with Gasteiger partial charge in [-0.15, -0.1) is 0 Å². The van der Waals surface area contributed by atoms with Gasteiger partial charge in [0.05, 0.1) is 6.54 Å². The van der Waals surface area contributed by atoms with Crippen LogP contribution in [0.15, 0.2) is 12.3 Å². The van der Waals surface area contributed by atoms with Gasteiger partial charge in [0.25, 0.3) is 0 Å². The molecule has 1 aliphatic heterocycles. The van der Waals surface area contributed by atoms with Crippen molar-refractivity contribution in [3.8, 4) is 11.8 Å². The Morgan fingerprint density at radius 2 is 2.21 bits per heavy atom. The van der Waals surface area contributed by atoms with Crippen molar-refractivity contribution in [2.75, 3.05) is 13.1 Å². The zero-order chi connectivity index (χ0) is 13.9. The molecule has 19 heavy (non-hydrogen) atoms. The Kier molecular flexibility index (Phi) is 3.69. The van der Waals surface area contributed by atoms with Crippen LogP contribution in [0.2, 0.25) is 0 Å². The number of amides is 1. The van der Waals surface area contributed by atoms with Gasteiger partial charge in [0, 0.05) is 19.2 Å². The molecule has 1 amide bonds. The molecule has 2 heterocycles. The van der Waals surface area contributed by atoms with E-state index < -0.39 is 11.9 Å². The first-order chi connectivity index (χ1) is 8.97. The third-order valence-corrected chi connectivity index (χ3v) is 2.59. The van der Waals surface area contributed by atoms with Gasteiger partial charge in [0.15, 0.2) is 0 Å². The third kappa shape index (κ3) is 3.44. The minimum absolute atomic E-state index is 0.0132. The molecule has 2 rings (SSSR count). The van der Waals surface area contributed by atoms with Crippen LogP contribution >= 0.6 is 0 Å². The van der Waals surface area contributed by atoms with Crippen molar-refractivity contribution in [3.05, 3.63) is 23.8 Å². The number of nitrogens with zero attached hydrogens (tertiary/aromatic N) is 3. The van der Waals surface area contributed by atoms with Crippen molar-refractivity contribution in [2.45, 2.75) is 19.0 Å². The molecule has 0 bridgehead atoms. The predicted molar refractivity (Wildman–Crippen MR) is 59.7 cm³/mol. The van der Waals surface area contributed by atoms with E-state index in [0.717, 1.165) is 18.7 Å². The minimum Gasteiger partial charge on any atom is -0.332 e. The number of rotatable bonds is 1. The molecule has 0 radical (unpaired) electrons. The lowest BCUT2D eigenvalue weighted by Crippen LogP contribution is -2.24. The minimum atomic E-state index is -4.51. The van der Waals surface area contributed by atoms with Crippen LogP contribution in [-0.2, 0) is 11.0 Å². The lowest BCUT2D eigenvalue weighted by Gasteiger charge is -2.09. The molecule has 1 aliphatic rings. The summed E-state index contributed by atoms with van der Waals surface area (Å²) in [6.07, 6.45) is -2.20. The van der Waals surface area contributed by atoms with E-state index in [1.807, 2.05) is 0 Å². The summed E-state index contributed by atoms with van der Waals surface area (Å²) < 4.78 is 37.2. The van der Waals surface area contributed by atoms with Gasteiger partial charge < -0.3 is 4.90 Å². The van der Waals surface area contributed by atoms with Crippen LogP contribution in [-0.4, -0.2) is 33.9 Å². The van der Waals surface area contributed by atoms with E-state index >= 15 is 0 Å². The molecule has 1 saturated heterocycles. The van der Waals surface area contributed by atoms with Crippen LogP contribution in [0.5, 0.6) is 0 Å². The summed E-state index contributed by atoms with van der Waals surface area (Å²) in [5, 5.41) is 0. The van der Waals surface area contributed by atoms with Crippen LogP contribution in [0.1, 0.15) is 24.4 Å². The Morgan fingerprint density at radius 3 is 2.84 bits per heavy atom. The van der Waals surface area contributed by atoms with Crippen molar-refractivity contribution in [1.29, 1.82) is 0 Å². The molecule has 1 aromatic rings. The summed E-state index contributed by atoms with van der Waals surface area (Å²) >= 11 is 0. The van der Waals surface area contributed by atoms with E-state index in [0.29, 0.717) is 13.0 Å². The van der Waals surface area contributed by atoms with Gasteiger partial charge in [-0.25, -0.2) is 9.97 Å². The molecule has 4 nitrogen and oxygen atoms in total. The van der Waals surface area contributed by atoms with E-state index in [9.17, 15) is 18.0 Å². The Morgan fingerprint density at radius 1 is 1.42 bits per heavy atom. The van der Waals surface area contributed by atoms with Gasteiger partial charge in [-0.2, -0.15) is 13.2 Å². The summed E-state index contributed by atoms with van der Waals surface area (Å²) in [5.74, 6) is 4.87. The monoisotopic (exact) mass is 269 g/mol. The number of carbonyl (C=O) groups is 1. The van der Waals surface area contributed by atoms with Gasteiger partial charge in [0.2, 0.25) is 11.7 Å². The summed E-state index contributed by atoms with van der Waals surface area (Å²) in [4.78, 5) is 19.8. The Bertz CT molecular complexity index is 545. The van der Waals surface area contributed by atoms with Crippen LogP contribution in [0.25, 0.3) is 0 Å². The van der Waals surface area contributed by atoms with E-state index in [2.05, 4.69) is 21.8 Å². The largest absolute Gasteiger partial charge is 0.433 e. The Hall–Kier alpha value is -2.10. The first-order valence-corrected chi connectivity index (χ1v) is 5.64. The summed E-state index contributed by atoms with van der Waals surface area (Å²) in [7, 11) is 0. The highest BCUT2D eigenvalue weighted by Crippen LogP contribution is 2.26. The van der Waals surface area contributed by atoms with E-state index in [1.165, 1.54) is 0 Å². The average Bonchev–Trinajstić information content (AvgIpc) is 2.75. The van der Waals surface area contributed by atoms with E-state index in [1.54, 1.807) is 4.90 Å². The van der Waals surface area contributed by atoms with Crippen molar-refractivity contribution in [3.63, 3.8) is 0 Å². The van der Waals surface area contributed by atoms with E-state index in [-0.39, 0.29) is 18.3 Å². The molecule has 0 unspecified atom stereocenters. The van der Waals surface area contributed by atoms with Crippen molar-refractivity contribution < 1.29 is 18.0 Å². The number of hydrogen-bond acceptors (Lipinski definition) is 3. The van der Waals surface area contributed by atoms with Crippen molar-refractivity contribution in [1.82, 2.24) is 14.9 Å². The fourth-order valence-electron chi connectivity index (χ4n) is 1.66. The summed E-state index contributed by atoms with van der Waals surface area (Å²) in [6, 6.07) is 0.787. The average molecular weight is 269 g/mol. The van der Waals surface area contributed by atoms with Gasteiger partial charge in [0.1, 0.15) is 5.69 Å². The number of hydrogen-bond donors (Lipinski definition) is 0. The molecule has 0 spiro atoms. The van der Waals surface area contributed by atoms with Crippen LogP contribution in [0, 0.1) is 11.8 Å². The van der Waals surface area contributed by atoms with Gasteiger partial charge >= 0.3 is 6.18 Å². The zero-order valence-electron chi connectivity index (χ0n) is 9.87. The Labute approximate surface area is 107 Å². The number of aromatic nitrogens is 2. The van der Waals surface area contributed by atoms with Gasteiger partial charge in [-0.3, -0.25) is 4.79 Å². The fourth-order valence-corrected chi connectivity index (χ4v) is 1.66. The molecule has 0 aliphatic carbocycles. The second kappa shape index (κ2) is 5.26. The maximum atomic E-state index is 12.4. The topological polar surface area (TPSA) is 46.1 Å². The molecule has 0 N–H and O–H groups in total. The SMILES string of the molecule is O=C1CCCN1CC#Cc1nccc(C(F)(F)F)n1. The summed E-state index contributed by atoms with van der Waals surface area (Å²) in [6.45, 7) is 0.829. The van der Waals surface area contributed by atoms with E-state index in [4.69, 9.17) is 0 Å². The lowest BCUT2D eigenvalue weighted by atomic mass is 10.4. The van der Waals surface area contributed by atoms with Crippen molar-refractivity contribution >= 4 is 5.91 Å². The number of halogens is 3. The quantitative estimate of drug-likeness (QED) is 0.725. The Balaban J connectivity index is 2.05. The number of alkyl halides is 3. The fraction of sp³-hybridized carbons (Fsp3) is 0.417. The molecule has 100 valence electrons. The molecular formula is C12H10F3N3O. The number of carbonyl (C=O) groups excluding carboxylic acids is 1. The smallest absolute Gasteiger partial charge is 0.332 e. The second-order valence-electron chi connectivity index (χ2n) is 3.98. The molecule has 7 heteroatoms. The van der Waals surface area contributed by atoms with Crippen LogP contribution in [0.4, 0.5) is 13.2 Å². The maximum Gasteiger partial charge on any atom is 0.433 e. The molecular weight excluding hydrogens is 259 g/mol. The molecule has 1 fully saturated rings. The highest BCUT2D eigenvalue weighted by Gasteiger charge is 2.32. The maximum absolute atomic E-state index is 12.4. The van der Waals surface area contributed by atoms with Crippen LogP contribution in [0.3, 0.4) is 0 Å². The van der Waals surface area contributed by atoms with Gasteiger partial charge in [-0.05, 0) is 18.4 Å². The van der Waals surface area contributed by atoms with Crippen LogP contribution < -0.4 is 0 Å². The molecule has 1 aromatic heterocycles.